The molecule has 1 aliphatic rings. The van der Waals surface area contributed by atoms with E-state index in [1.54, 1.807) is 12.0 Å². The van der Waals surface area contributed by atoms with Gasteiger partial charge in [-0.15, -0.1) is 10.2 Å². The topological polar surface area (TPSA) is 90.9 Å². The van der Waals surface area contributed by atoms with Gasteiger partial charge < -0.3 is 24.8 Å². The molecule has 1 aliphatic heterocycles. The first-order valence-electron chi connectivity index (χ1n) is 11.4. The summed E-state index contributed by atoms with van der Waals surface area (Å²) >= 11 is 0. The molecular formula is C24H34N6O3. The molecule has 2 aromatic rings. The number of anilines is 1. The first-order chi connectivity index (χ1) is 15.8. The lowest BCUT2D eigenvalue weighted by Gasteiger charge is -2.37. The van der Waals surface area contributed by atoms with Crippen molar-refractivity contribution in [2.24, 2.45) is 0 Å². The molecule has 0 aliphatic carbocycles. The molecule has 0 bridgehead atoms. The number of benzene rings is 1. The number of piperazine rings is 1. The van der Waals surface area contributed by atoms with Crippen LogP contribution in [0.25, 0.3) is 11.3 Å². The van der Waals surface area contributed by atoms with Gasteiger partial charge in [0.25, 0.3) is 0 Å². The smallest absolute Gasteiger partial charge is 0.318 e. The van der Waals surface area contributed by atoms with Crippen molar-refractivity contribution in [2.75, 3.05) is 44.7 Å². The molecule has 33 heavy (non-hydrogen) atoms. The van der Waals surface area contributed by atoms with E-state index in [2.05, 4.69) is 20.4 Å². The quantitative estimate of drug-likeness (QED) is 0.692. The molecule has 3 amide bonds. The Morgan fingerprint density at radius 1 is 1.06 bits per heavy atom. The monoisotopic (exact) mass is 454 g/mol. The molecule has 1 aromatic heterocycles. The second kappa shape index (κ2) is 11.0. The van der Waals surface area contributed by atoms with Crippen LogP contribution < -0.4 is 15.0 Å². The molecule has 1 N–H and O–H groups in total. The summed E-state index contributed by atoms with van der Waals surface area (Å²) in [5.74, 6) is 1.52. The Hall–Kier alpha value is -3.36. The SMILES string of the molecule is COc1cccc(-c2ccc(N3CCN(C(=O)CN(C(=O)NC(C)C)C(C)C)CC3)nn2)c1. The number of rotatable bonds is 7. The number of aromatic nitrogens is 2. The first kappa shape index (κ1) is 24.3. The summed E-state index contributed by atoms with van der Waals surface area (Å²) in [5, 5.41) is 11.6. The lowest BCUT2D eigenvalue weighted by atomic mass is 10.1. The van der Waals surface area contributed by atoms with Crippen LogP contribution in [-0.2, 0) is 4.79 Å². The van der Waals surface area contributed by atoms with E-state index in [0.29, 0.717) is 26.2 Å². The highest BCUT2D eigenvalue weighted by Gasteiger charge is 2.26. The van der Waals surface area contributed by atoms with Gasteiger partial charge in [-0.2, -0.15) is 0 Å². The molecule has 1 saturated heterocycles. The molecule has 9 heteroatoms. The van der Waals surface area contributed by atoms with Crippen molar-refractivity contribution in [3.8, 4) is 17.0 Å². The average Bonchev–Trinajstić information content (AvgIpc) is 2.82. The van der Waals surface area contributed by atoms with Crippen molar-refractivity contribution < 1.29 is 14.3 Å². The van der Waals surface area contributed by atoms with Gasteiger partial charge in [-0.3, -0.25) is 4.79 Å². The number of ether oxygens (including phenoxy) is 1. The predicted molar refractivity (Wildman–Crippen MR) is 128 cm³/mol. The summed E-state index contributed by atoms with van der Waals surface area (Å²) in [6.45, 7) is 10.2. The molecule has 2 heterocycles. The maximum atomic E-state index is 12.8. The number of amides is 3. The van der Waals surface area contributed by atoms with Gasteiger partial charge in [-0.25, -0.2) is 4.79 Å². The van der Waals surface area contributed by atoms with Crippen LogP contribution in [0.2, 0.25) is 0 Å². The Kier molecular flexibility index (Phi) is 8.08. The Labute approximate surface area is 195 Å². The van der Waals surface area contributed by atoms with Crippen LogP contribution in [0.3, 0.4) is 0 Å². The molecule has 0 atom stereocenters. The van der Waals surface area contributed by atoms with Crippen LogP contribution in [0.1, 0.15) is 27.7 Å². The van der Waals surface area contributed by atoms with E-state index in [9.17, 15) is 9.59 Å². The third-order valence-corrected chi connectivity index (χ3v) is 5.57. The van der Waals surface area contributed by atoms with Crippen molar-refractivity contribution >= 4 is 17.8 Å². The molecule has 0 spiro atoms. The fraction of sp³-hybridized carbons (Fsp3) is 0.500. The second-order valence-electron chi connectivity index (χ2n) is 8.70. The van der Waals surface area contributed by atoms with E-state index in [1.807, 2.05) is 69.0 Å². The zero-order valence-electron chi connectivity index (χ0n) is 20.1. The van der Waals surface area contributed by atoms with E-state index >= 15 is 0 Å². The standard InChI is InChI=1S/C24H34N6O3/c1-17(2)25-24(32)30(18(3)4)16-23(31)29-13-11-28(12-14-29)22-10-9-21(26-27-22)19-7-6-8-20(15-19)33-5/h6-10,15,17-18H,11-14,16H2,1-5H3,(H,25,32). The molecular weight excluding hydrogens is 420 g/mol. The van der Waals surface area contributed by atoms with Gasteiger partial charge in [-0.05, 0) is 52.0 Å². The molecule has 3 rings (SSSR count). The molecule has 0 saturated carbocycles. The number of hydrogen-bond acceptors (Lipinski definition) is 6. The van der Waals surface area contributed by atoms with Crippen molar-refractivity contribution in [1.29, 1.82) is 0 Å². The third-order valence-electron chi connectivity index (χ3n) is 5.57. The number of nitrogens with zero attached hydrogens (tertiary/aromatic N) is 5. The number of carbonyl (C=O) groups excluding carboxylic acids is 2. The Morgan fingerprint density at radius 2 is 1.79 bits per heavy atom. The molecule has 0 radical (unpaired) electrons. The maximum absolute atomic E-state index is 12.8. The fourth-order valence-corrected chi connectivity index (χ4v) is 3.68. The minimum atomic E-state index is -0.210. The highest BCUT2D eigenvalue weighted by Crippen LogP contribution is 2.23. The summed E-state index contributed by atoms with van der Waals surface area (Å²) in [6, 6.07) is 11.4. The second-order valence-corrected chi connectivity index (χ2v) is 8.70. The summed E-state index contributed by atoms with van der Waals surface area (Å²) in [7, 11) is 1.64. The van der Waals surface area contributed by atoms with Gasteiger partial charge in [0.15, 0.2) is 5.82 Å². The summed E-state index contributed by atoms with van der Waals surface area (Å²) in [6.07, 6.45) is 0. The summed E-state index contributed by atoms with van der Waals surface area (Å²) < 4.78 is 5.28. The van der Waals surface area contributed by atoms with E-state index in [0.717, 1.165) is 22.8 Å². The fourth-order valence-electron chi connectivity index (χ4n) is 3.68. The van der Waals surface area contributed by atoms with Gasteiger partial charge in [0, 0.05) is 43.8 Å². The number of carbonyl (C=O) groups is 2. The van der Waals surface area contributed by atoms with Crippen molar-refractivity contribution in [3.05, 3.63) is 36.4 Å². The minimum Gasteiger partial charge on any atom is -0.497 e. The van der Waals surface area contributed by atoms with Gasteiger partial charge in [0.05, 0.1) is 12.8 Å². The van der Waals surface area contributed by atoms with Crippen molar-refractivity contribution in [1.82, 2.24) is 25.3 Å². The average molecular weight is 455 g/mol. The van der Waals surface area contributed by atoms with E-state index < -0.39 is 0 Å². The summed E-state index contributed by atoms with van der Waals surface area (Å²) in [4.78, 5) is 30.8. The highest BCUT2D eigenvalue weighted by atomic mass is 16.5. The number of nitrogens with one attached hydrogen (secondary N) is 1. The van der Waals surface area contributed by atoms with Crippen LogP contribution in [-0.4, -0.2) is 83.9 Å². The maximum Gasteiger partial charge on any atom is 0.318 e. The zero-order chi connectivity index (χ0) is 24.0. The third kappa shape index (κ3) is 6.34. The van der Waals surface area contributed by atoms with Crippen LogP contribution in [0.4, 0.5) is 10.6 Å². The molecule has 9 nitrogen and oxygen atoms in total. The van der Waals surface area contributed by atoms with Gasteiger partial charge >= 0.3 is 6.03 Å². The highest BCUT2D eigenvalue weighted by molar-refractivity contribution is 5.84. The largest absolute Gasteiger partial charge is 0.497 e. The number of hydrogen-bond donors (Lipinski definition) is 1. The van der Waals surface area contributed by atoms with Gasteiger partial charge in [-0.1, -0.05) is 12.1 Å². The van der Waals surface area contributed by atoms with Crippen LogP contribution in [0, 0.1) is 0 Å². The van der Waals surface area contributed by atoms with E-state index in [4.69, 9.17) is 4.74 Å². The predicted octanol–water partition coefficient (Wildman–Crippen LogP) is 2.63. The Morgan fingerprint density at radius 3 is 2.36 bits per heavy atom. The van der Waals surface area contributed by atoms with Gasteiger partial charge in [0.2, 0.25) is 5.91 Å². The normalized spacial score (nSPS) is 13.9. The van der Waals surface area contributed by atoms with Crippen molar-refractivity contribution in [3.63, 3.8) is 0 Å². The summed E-state index contributed by atoms with van der Waals surface area (Å²) in [5.41, 5.74) is 1.72. The first-order valence-corrected chi connectivity index (χ1v) is 11.4. The molecule has 1 aromatic carbocycles. The van der Waals surface area contributed by atoms with Crippen molar-refractivity contribution in [2.45, 2.75) is 39.8 Å². The van der Waals surface area contributed by atoms with Crippen LogP contribution >= 0.6 is 0 Å². The van der Waals surface area contributed by atoms with E-state index in [-0.39, 0.29) is 30.6 Å². The minimum absolute atomic E-state index is 0.0221. The van der Waals surface area contributed by atoms with E-state index in [1.165, 1.54) is 0 Å². The lowest BCUT2D eigenvalue weighted by Crippen LogP contribution is -2.54. The lowest BCUT2D eigenvalue weighted by molar-refractivity contribution is -0.132. The molecule has 0 unspecified atom stereocenters. The number of urea groups is 1. The van der Waals surface area contributed by atoms with Gasteiger partial charge in [0.1, 0.15) is 12.3 Å². The Bertz CT molecular complexity index is 939. The van der Waals surface area contributed by atoms with Crippen LogP contribution in [0.5, 0.6) is 5.75 Å². The Balaban J connectivity index is 1.56. The van der Waals surface area contributed by atoms with Crippen LogP contribution in [0.15, 0.2) is 36.4 Å². The zero-order valence-corrected chi connectivity index (χ0v) is 20.1. The number of methoxy groups -OCH3 is 1. The molecule has 1 fully saturated rings. The molecule has 178 valence electrons.